The molecule has 8 atom stereocenters. The van der Waals surface area contributed by atoms with E-state index in [2.05, 4.69) is 53.7 Å². The minimum absolute atomic E-state index is 0.149. The van der Waals surface area contributed by atoms with E-state index in [1.54, 1.807) is 5.57 Å². The van der Waals surface area contributed by atoms with Gasteiger partial charge in [0.15, 0.2) is 0 Å². The molecule has 1 N–H and O–H groups in total. The second-order valence-corrected chi connectivity index (χ2v) is 12.2. The van der Waals surface area contributed by atoms with Gasteiger partial charge in [-0.2, -0.15) is 0 Å². The van der Waals surface area contributed by atoms with Gasteiger partial charge >= 0.3 is 0 Å². The fraction of sp³-hybridized carbons (Fsp3) is 0.821. The van der Waals surface area contributed by atoms with Crippen LogP contribution in [0.15, 0.2) is 23.3 Å². The van der Waals surface area contributed by atoms with Crippen LogP contribution >= 0.6 is 0 Å². The first kappa shape index (κ1) is 22.3. The topological polar surface area (TPSA) is 37.3 Å². The minimum Gasteiger partial charge on any atom is -0.393 e. The Hall–Kier alpha value is -0.890. The van der Waals surface area contributed by atoms with Crippen molar-refractivity contribution in [1.29, 1.82) is 0 Å². The lowest BCUT2D eigenvalue weighted by molar-refractivity contribution is -0.127. The van der Waals surface area contributed by atoms with Crippen LogP contribution in [0.4, 0.5) is 0 Å². The van der Waals surface area contributed by atoms with Crippen molar-refractivity contribution >= 4 is 5.78 Å². The van der Waals surface area contributed by atoms with Gasteiger partial charge in [0.2, 0.25) is 0 Å². The van der Waals surface area contributed by atoms with E-state index in [-0.39, 0.29) is 22.9 Å². The molecule has 0 aromatic carbocycles. The van der Waals surface area contributed by atoms with Crippen molar-refractivity contribution in [1.82, 2.24) is 0 Å². The zero-order chi connectivity index (χ0) is 21.8. The first-order valence-corrected chi connectivity index (χ1v) is 12.7. The Morgan fingerprint density at radius 1 is 1.03 bits per heavy atom. The molecule has 2 nitrogen and oxygen atoms in total. The van der Waals surface area contributed by atoms with Crippen LogP contribution in [0.1, 0.15) is 92.9 Å². The highest BCUT2D eigenvalue weighted by molar-refractivity contribution is 5.81. The normalized spacial score (nSPS) is 42.5. The highest BCUT2D eigenvalue weighted by Crippen LogP contribution is 2.66. The number of aliphatic hydroxyl groups is 1. The Kier molecular flexibility index (Phi) is 5.88. The number of hydrogen-bond acceptors (Lipinski definition) is 2. The number of rotatable bonds is 5. The van der Waals surface area contributed by atoms with Crippen LogP contribution in [0, 0.1) is 46.3 Å². The Morgan fingerprint density at radius 3 is 2.47 bits per heavy atom. The van der Waals surface area contributed by atoms with Gasteiger partial charge in [-0.25, -0.2) is 0 Å². The molecule has 0 bridgehead atoms. The summed E-state index contributed by atoms with van der Waals surface area (Å²) < 4.78 is 0. The van der Waals surface area contributed by atoms with Gasteiger partial charge in [0, 0.05) is 12.3 Å². The first-order valence-electron chi connectivity index (χ1n) is 12.7. The smallest absolute Gasteiger partial charge is 0.136 e. The van der Waals surface area contributed by atoms with Crippen molar-refractivity contribution in [2.24, 2.45) is 46.3 Å². The Morgan fingerprint density at radius 2 is 1.77 bits per heavy atom. The third-order valence-corrected chi connectivity index (χ3v) is 10.4. The van der Waals surface area contributed by atoms with Crippen LogP contribution in [0.25, 0.3) is 0 Å². The van der Waals surface area contributed by atoms with E-state index in [0.717, 1.165) is 25.7 Å². The van der Waals surface area contributed by atoms with Crippen molar-refractivity contribution in [3.05, 3.63) is 23.3 Å². The summed E-state index contributed by atoms with van der Waals surface area (Å²) in [6.45, 7) is 13.9. The molecule has 3 fully saturated rings. The summed E-state index contributed by atoms with van der Waals surface area (Å²) in [5, 5.41) is 10.2. The summed E-state index contributed by atoms with van der Waals surface area (Å²) in [6.07, 6.45) is 13.3. The summed E-state index contributed by atoms with van der Waals surface area (Å²) in [5.74, 6) is 3.56. The molecule has 3 saturated carbocycles. The van der Waals surface area contributed by atoms with E-state index in [0.29, 0.717) is 35.4 Å². The van der Waals surface area contributed by atoms with Crippen molar-refractivity contribution in [2.75, 3.05) is 0 Å². The summed E-state index contributed by atoms with van der Waals surface area (Å²) >= 11 is 0. The van der Waals surface area contributed by atoms with Gasteiger partial charge in [-0.05, 0) is 85.4 Å². The molecule has 4 rings (SSSR count). The summed E-state index contributed by atoms with van der Waals surface area (Å²) in [4.78, 5) is 13.2. The van der Waals surface area contributed by atoms with Crippen molar-refractivity contribution in [3.8, 4) is 0 Å². The van der Waals surface area contributed by atoms with Gasteiger partial charge in [-0.1, -0.05) is 64.8 Å². The Balaban J connectivity index is 1.56. The molecule has 4 aliphatic carbocycles. The van der Waals surface area contributed by atoms with E-state index in [9.17, 15) is 9.90 Å². The fourth-order valence-electron chi connectivity index (χ4n) is 7.81. The SMILES string of the molecule is CC(C)[C@@H](C)CC(=O)[C@@H](C)C1CCC2C3=CC=C4C[C@@H](O)CC[C@]4(C)C3CC[C@@]21C. The quantitative estimate of drug-likeness (QED) is 0.543. The average Bonchev–Trinajstić information content (AvgIpc) is 3.04. The summed E-state index contributed by atoms with van der Waals surface area (Å²) in [7, 11) is 0. The summed E-state index contributed by atoms with van der Waals surface area (Å²) in [5.41, 5.74) is 3.69. The molecular formula is C28H44O2. The van der Waals surface area contributed by atoms with E-state index < -0.39 is 0 Å². The molecule has 0 amide bonds. The Bertz CT molecular complexity index is 746. The molecule has 0 saturated heterocycles. The number of ketones is 1. The van der Waals surface area contributed by atoms with Crippen LogP contribution in [0.3, 0.4) is 0 Å². The van der Waals surface area contributed by atoms with Gasteiger partial charge in [0.25, 0.3) is 0 Å². The van der Waals surface area contributed by atoms with Gasteiger partial charge in [0.05, 0.1) is 6.10 Å². The van der Waals surface area contributed by atoms with Crippen LogP contribution < -0.4 is 0 Å². The van der Waals surface area contributed by atoms with Crippen molar-refractivity contribution in [2.45, 2.75) is 99.0 Å². The number of aliphatic hydroxyl groups excluding tert-OH is 1. The lowest BCUT2D eigenvalue weighted by Crippen LogP contribution is -2.47. The molecule has 0 aliphatic heterocycles. The van der Waals surface area contributed by atoms with Crippen LogP contribution in [0.5, 0.6) is 0 Å². The lowest BCUT2D eigenvalue weighted by atomic mass is 9.50. The minimum atomic E-state index is -0.149. The predicted molar refractivity (Wildman–Crippen MR) is 124 cm³/mol. The molecule has 3 unspecified atom stereocenters. The second-order valence-electron chi connectivity index (χ2n) is 12.2. The highest BCUT2D eigenvalue weighted by atomic mass is 16.3. The predicted octanol–water partition coefficient (Wildman–Crippen LogP) is 6.73. The zero-order valence-corrected chi connectivity index (χ0v) is 20.2. The molecule has 0 aromatic rings. The average molecular weight is 413 g/mol. The van der Waals surface area contributed by atoms with Crippen LogP contribution in [-0.2, 0) is 4.79 Å². The summed E-state index contributed by atoms with van der Waals surface area (Å²) in [6, 6.07) is 0. The second kappa shape index (κ2) is 7.91. The molecule has 0 radical (unpaired) electrons. The van der Waals surface area contributed by atoms with Crippen LogP contribution in [0.2, 0.25) is 0 Å². The molecule has 168 valence electrons. The molecular weight excluding hydrogens is 368 g/mol. The number of carbonyl (C=O) groups excluding carboxylic acids is 1. The number of Topliss-reactive ketones (excluding diaryl/α,β-unsaturated/α-hetero) is 1. The Labute approximate surface area is 184 Å². The van der Waals surface area contributed by atoms with E-state index in [1.165, 1.54) is 31.3 Å². The van der Waals surface area contributed by atoms with E-state index >= 15 is 0 Å². The monoisotopic (exact) mass is 412 g/mol. The van der Waals surface area contributed by atoms with E-state index in [1.807, 2.05) is 0 Å². The van der Waals surface area contributed by atoms with Crippen LogP contribution in [-0.4, -0.2) is 17.0 Å². The third kappa shape index (κ3) is 3.46. The fourth-order valence-corrected chi connectivity index (χ4v) is 7.81. The third-order valence-electron chi connectivity index (χ3n) is 10.4. The standard InChI is InChI=1S/C28H44O2/c1-17(2)18(3)15-26(30)19(4)23-9-10-24-22-8-7-20-16-21(29)11-13-27(20,5)25(22)12-14-28(23,24)6/h7-8,17-19,21,23-25,29H,9-16H2,1-6H3/t18-,19-,21-,23?,24?,25?,27-,28+/m0/s1. The number of allylic oxidation sites excluding steroid dienone is 3. The van der Waals surface area contributed by atoms with Crippen molar-refractivity contribution < 1.29 is 9.90 Å². The molecule has 0 spiro atoms. The van der Waals surface area contributed by atoms with Gasteiger partial charge in [-0.3, -0.25) is 4.79 Å². The number of hydrogen-bond donors (Lipinski definition) is 1. The number of fused-ring (bicyclic) bond motifs is 5. The zero-order valence-electron chi connectivity index (χ0n) is 20.2. The molecule has 4 aliphatic rings. The molecule has 2 heteroatoms. The molecule has 0 heterocycles. The molecule has 0 aromatic heterocycles. The lowest BCUT2D eigenvalue weighted by Gasteiger charge is -2.55. The highest BCUT2D eigenvalue weighted by Gasteiger charge is 2.57. The van der Waals surface area contributed by atoms with Gasteiger partial charge in [-0.15, -0.1) is 0 Å². The van der Waals surface area contributed by atoms with Crippen molar-refractivity contribution in [3.63, 3.8) is 0 Å². The molecule has 30 heavy (non-hydrogen) atoms. The van der Waals surface area contributed by atoms with Gasteiger partial charge < -0.3 is 5.11 Å². The maximum absolute atomic E-state index is 13.2. The van der Waals surface area contributed by atoms with Gasteiger partial charge in [0.1, 0.15) is 5.78 Å². The van der Waals surface area contributed by atoms with E-state index in [4.69, 9.17) is 0 Å². The number of carbonyl (C=O) groups is 1. The maximum atomic E-state index is 13.2. The maximum Gasteiger partial charge on any atom is 0.136 e. The largest absolute Gasteiger partial charge is 0.393 e. The first-order chi connectivity index (χ1) is 14.1.